The standard InChI is InChI=1S/C21H18Cl2N2O4S/c22-12-7-8-15(16(23)10-12)19(27)24(11-17(26)18-6-3-9-30-18)25-20(28)13-4-1-2-5-14(13)21(25)29/h3,6-10,13-14H,1-2,4-5,11H2/t13-,14-/m0/s1. The first-order chi connectivity index (χ1) is 14.4. The largest absolute Gasteiger partial charge is 0.291 e. The summed E-state index contributed by atoms with van der Waals surface area (Å²) in [7, 11) is 0. The molecule has 6 nitrogen and oxygen atoms in total. The smallest absolute Gasteiger partial charge is 0.274 e. The van der Waals surface area contributed by atoms with Gasteiger partial charge in [-0.15, -0.1) is 11.3 Å². The van der Waals surface area contributed by atoms with E-state index in [1.165, 1.54) is 29.5 Å². The van der Waals surface area contributed by atoms with Crippen LogP contribution in [0.1, 0.15) is 45.7 Å². The molecular weight excluding hydrogens is 447 g/mol. The number of carbonyl (C=O) groups is 4. The summed E-state index contributed by atoms with van der Waals surface area (Å²) in [5.41, 5.74) is 0.0653. The van der Waals surface area contributed by atoms with Crippen LogP contribution in [-0.2, 0) is 9.59 Å². The highest BCUT2D eigenvalue weighted by Crippen LogP contribution is 2.39. The van der Waals surface area contributed by atoms with Crippen molar-refractivity contribution in [2.24, 2.45) is 11.8 Å². The van der Waals surface area contributed by atoms with Crippen LogP contribution in [0.5, 0.6) is 0 Å². The van der Waals surface area contributed by atoms with E-state index in [4.69, 9.17) is 23.2 Å². The van der Waals surface area contributed by atoms with Gasteiger partial charge in [0.05, 0.1) is 27.3 Å². The molecule has 4 rings (SSSR count). The molecule has 2 atom stereocenters. The SMILES string of the molecule is O=C(CN(C(=O)c1ccc(Cl)cc1Cl)N1C(=O)[C@H]2CCCC[C@@H]2C1=O)c1cccs1. The van der Waals surface area contributed by atoms with Gasteiger partial charge in [-0.1, -0.05) is 42.1 Å². The van der Waals surface area contributed by atoms with Gasteiger partial charge in [0, 0.05) is 5.02 Å². The van der Waals surface area contributed by atoms with E-state index in [2.05, 4.69) is 0 Å². The van der Waals surface area contributed by atoms with E-state index in [-0.39, 0.29) is 16.4 Å². The topological polar surface area (TPSA) is 74.8 Å². The van der Waals surface area contributed by atoms with Crippen LogP contribution in [0.15, 0.2) is 35.7 Å². The second-order valence-corrected chi connectivity index (χ2v) is 9.16. The van der Waals surface area contributed by atoms with Crippen LogP contribution < -0.4 is 0 Å². The summed E-state index contributed by atoms with van der Waals surface area (Å²) in [6.07, 6.45) is 2.93. The summed E-state index contributed by atoms with van der Waals surface area (Å²) in [6, 6.07) is 7.68. The first-order valence-electron chi connectivity index (χ1n) is 9.60. The molecule has 1 saturated heterocycles. The van der Waals surface area contributed by atoms with E-state index in [1.54, 1.807) is 17.5 Å². The number of Topliss-reactive ketones (excluding diaryl/α,β-unsaturated/α-hetero) is 1. The molecule has 9 heteroatoms. The Labute approximate surface area is 187 Å². The third kappa shape index (κ3) is 3.77. The predicted molar refractivity (Wildman–Crippen MR) is 113 cm³/mol. The molecule has 156 valence electrons. The quantitative estimate of drug-likeness (QED) is 0.483. The Bertz CT molecular complexity index is 1000. The molecule has 2 fully saturated rings. The zero-order valence-corrected chi connectivity index (χ0v) is 18.2. The van der Waals surface area contributed by atoms with Crippen molar-refractivity contribution >= 4 is 58.0 Å². The predicted octanol–water partition coefficient (Wildman–Crippen LogP) is 4.47. The second kappa shape index (κ2) is 8.49. The summed E-state index contributed by atoms with van der Waals surface area (Å²) in [5, 5.41) is 3.99. The van der Waals surface area contributed by atoms with Crippen molar-refractivity contribution in [2.75, 3.05) is 6.54 Å². The monoisotopic (exact) mass is 464 g/mol. The Kier molecular flexibility index (Phi) is 5.95. The minimum atomic E-state index is -0.693. The number of fused-ring (bicyclic) bond motifs is 1. The van der Waals surface area contributed by atoms with Crippen molar-refractivity contribution in [1.82, 2.24) is 10.0 Å². The normalized spacial score (nSPS) is 20.9. The molecule has 1 aromatic heterocycles. The third-order valence-corrected chi connectivity index (χ3v) is 7.00. The van der Waals surface area contributed by atoms with E-state index < -0.39 is 36.1 Å². The Morgan fingerprint density at radius 2 is 1.73 bits per heavy atom. The van der Waals surface area contributed by atoms with Crippen molar-refractivity contribution < 1.29 is 19.2 Å². The lowest BCUT2D eigenvalue weighted by atomic mass is 9.81. The van der Waals surface area contributed by atoms with Crippen LogP contribution in [0.3, 0.4) is 0 Å². The van der Waals surface area contributed by atoms with Gasteiger partial charge in [-0.05, 0) is 42.5 Å². The number of carbonyl (C=O) groups excluding carboxylic acids is 4. The van der Waals surface area contributed by atoms with Gasteiger partial charge < -0.3 is 0 Å². The fourth-order valence-electron chi connectivity index (χ4n) is 4.07. The minimum Gasteiger partial charge on any atom is -0.291 e. The lowest BCUT2D eigenvalue weighted by Crippen LogP contribution is -2.52. The van der Waals surface area contributed by atoms with Gasteiger partial charge in [-0.3, -0.25) is 19.2 Å². The molecule has 1 aliphatic carbocycles. The Hall–Kier alpha value is -2.22. The molecule has 0 spiro atoms. The highest BCUT2D eigenvalue weighted by atomic mass is 35.5. The van der Waals surface area contributed by atoms with Crippen molar-refractivity contribution in [1.29, 1.82) is 0 Å². The highest BCUT2D eigenvalue weighted by Gasteiger charge is 2.52. The van der Waals surface area contributed by atoms with Gasteiger partial charge in [0.1, 0.15) is 6.54 Å². The molecule has 2 aliphatic rings. The number of imide groups is 1. The molecule has 0 radical (unpaired) electrons. The summed E-state index contributed by atoms with van der Waals surface area (Å²) in [4.78, 5) is 52.8. The molecule has 30 heavy (non-hydrogen) atoms. The van der Waals surface area contributed by atoms with Crippen LogP contribution in [0.25, 0.3) is 0 Å². The Balaban J connectivity index is 1.71. The maximum absolute atomic E-state index is 13.4. The summed E-state index contributed by atoms with van der Waals surface area (Å²) in [5.74, 6) is -2.80. The first-order valence-corrected chi connectivity index (χ1v) is 11.2. The lowest BCUT2D eigenvalue weighted by molar-refractivity contribution is -0.154. The summed E-state index contributed by atoms with van der Waals surface area (Å²) < 4.78 is 0. The highest BCUT2D eigenvalue weighted by molar-refractivity contribution is 7.12. The van der Waals surface area contributed by atoms with Crippen LogP contribution in [0.2, 0.25) is 10.0 Å². The fraction of sp³-hybridized carbons (Fsp3) is 0.333. The molecule has 0 bridgehead atoms. The van der Waals surface area contributed by atoms with Gasteiger partial charge in [0.2, 0.25) is 0 Å². The molecular formula is C21H18Cl2N2O4S. The van der Waals surface area contributed by atoms with E-state index in [0.717, 1.165) is 22.9 Å². The average Bonchev–Trinajstić information content (AvgIpc) is 3.34. The van der Waals surface area contributed by atoms with E-state index in [1.807, 2.05) is 0 Å². The van der Waals surface area contributed by atoms with Gasteiger partial charge in [-0.25, -0.2) is 5.01 Å². The number of hydrogen-bond donors (Lipinski definition) is 0. The number of thiophene rings is 1. The van der Waals surface area contributed by atoms with Crippen molar-refractivity contribution in [3.05, 3.63) is 56.2 Å². The molecule has 2 heterocycles. The Morgan fingerprint density at radius 1 is 1.07 bits per heavy atom. The van der Waals surface area contributed by atoms with Gasteiger partial charge in [0.25, 0.3) is 17.7 Å². The van der Waals surface area contributed by atoms with Crippen LogP contribution in [0, 0.1) is 11.8 Å². The number of rotatable bonds is 5. The number of hydrogen-bond acceptors (Lipinski definition) is 5. The Morgan fingerprint density at radius 3 is 2.30 bits per heavy atom. The average molecular weight is 465 g/mol. The van der Waals surface area contributed by atoms with Crippen molar-refractivity contribution in [2.45, 2.75) is 25.7 Å². The molecule has 0 unspecified atom stereocenters. The lowest BCUT2D eigenvalue weighted by Gasteiger charge is -2.30. The zero-order valence-electron chi connectivity index (χ0n) is 15.8. The number of halogens is 2. The minimum absolute atomic E-state index is 0.0653. The molecule has 1 aliphatic heterocycles. The third-order valence-electron chi connectivity index (χ3n) is 5.54. The molecule has 0 N–H and O–H groups in total. The number of amides is 3. The van der Waals surface area contributed by atoms with Crippen molar-refractivity contribution in [3.8, 4) is 0 Å². The fourth-order valence-corrected chi connectivity index (χ4v) is 5.22. The van der Waals surface area contributed by atoms with Crippen LogP contribution >= 0.6 is 34.5 Å². The molecule has 3 amide bonds. The number of ketones is 1. The molecule has 1 aromatic carbocycles. The van der Waals surface area contributed by atoms with Gasteiger partial charge in [0.15, 0.2) is 5.78 Å². The number of nitrogens with zero attached hydrogens (tertiary/aromatic N) is 2. The number of hydrazine groups is 1. The first kappa shape index (κ1) is 21.0. The number of benzene rings is 1. The van der Waals surface area contributed by atoms with E-state index in [9.17, 15) is 19.2 Å². The van der Waals surface area contributed by atoms with Gasteiger partial charge in [-0.2, -0.15) is 5.01 Å². The van der Waals surface area contributed by atoms with Crippen LogP contribution in [0.4, 0.5) is 0 Å². The molecule has 2 aromatic rings. The maximum atomic E-state index is 13.4. The summed E-state index contributed by atoms with van der Waals surface area (Å²) >= 11 is 13.4. The van der Waals surface area contributed by atoms with E-state index in [0.29, 0.717) is 22.7 Å². The van der Waals surface area contributed by atoms with Gasteiger partial charge >= 0.3 is 0 Å². The van der Waals surface area contributed by atoms with Crippen LogP contribution in [-0.4, -0.2) is 40.1 Å². The zero-order chi connectivity index (χ0) is 21.4. The maximum Gasteiger partial charge on any atom is 0.274 e. The van der Waals surface area contributed by atoms with E-state index >= 15 is 0 Å². The summed E-state index contributed by atoms with van der Waals surface area (Å²) in [6.45, 7) is -0.435. The van der Waals surface area contributed by atoms with Crippen molar-refractivity contribution in [3.63, 3.8) is 0 Å². The molecule has 1 saturated carbocycles. The second-order valence-electron chi connectivity index (χ2n) is 7.37.